The van der Waals surface area contributed by atoms with Crippen LogP contribution in [-0.2, 0) is 19.1 Å². The number of hydrogen-bond acceptors (Lipinski definition) is 6. The Labute approximate surface area is 199 Å². The molecule has 0 radical (unpaired) electrons. The first-order valence-electron chi connectivity index (χ1n) is 11.8. The second kappa shape index (κ2) is 9.14. The number of Topliss-reactive ketones (excluding diaryl/α,β-unsaturated/α-hetero) is 1. The number of ketones is 1. The first kappa shape index (κ1) is 23.8. The van der Waals surface area contributed by atoms with E-state index in [4.69, 9.17) is 4.74 Å². The standard InChI is InChI=1S/C27H30N2O5/c1-5-14-27(26(33)34-6-2)22-21(23(28-27)20-13-8-7-10-16(20)3)24(31)29(25(22)32)19-12-9-11-18(15-19)17(4)30/h7-13,15,21-23,28H,5-6,14H2,1-4H3/t21-,22-,23-,27-/m0/s1. The predicted molar refractivity (Wildman–Crippen MR) is 127 cm³/mol. The van der Waals surface area contributed by atoms with Crippen LogP contribution >= 0.6 is 0 Å². The van der Waals surface area contributed by atoms with Crippen molar-refractivity contribution in [2.75, 3.05) is 11.5 Å². The summed E-state index contributed by atoms with van der Waals surface area (Å²) in [7, 11) is 0. The molecule has 4 atom stereocenters. The molecule has 2 saturated heterocycles. The van der Waals surface area contributed by atoms with Crippen molar-refractivity contribution >= 4 is 29.3 Å². The number of benzene rings is 2. The molecule has 2 aromatic carbocycles. The molecule has 0 spiro atoms. The molecule has 0 unspecified atom stereocenters. The van der Waals surface area contributed by atoms with Crippen molar-refractivity contribution in [3.05, 3.63) is 65.2 Å². The van der Waals surface area contributed by atoms with Crippen molar-refractivity contribution in [2.45, 2.75) is 52.1 Å². The van der Waals surface area contributed by atoms with Crippen LogP contribution in [0.5, 0.6) is 0 Å². The molecule has 2 aromatic rings. The maximum absolute atomic E-state index is 13.9. The van der Waals surface area contributed by atoms with Gasteiger partial charge in [0.15, 0.2) is 5.78 Å². The SMILES string of the molecule is CCC[C@]1(C(=O)OCC)N[C@@H](c2ccccc2C)[C@H]2C(=O)N(c3cccc(C(C)=O)c3)C(=O)[C@H]21. The van der Waals surface area contributed by atoms with E-state index in [0.29, 0.717) is 24.1 Å². The van der Waals surface area contributed by atoms with E-state index in [9.17, 15) is 19.2 Å². The third-order valence-corrected chi connectivity index (χ3v) is 6.97. The summed E-state index contributed by atoms with van der Waals surface area (Å²) in [6.07, 6.45) is 0.979. The molecule has 2 fully saturated rings. The molecule has 2 heterocycles. The Morgan fingerprint density at radius 3 is 2.44 bits per heavy atom. The summed E-state index contributed by atoms with van der Waals surface area (Å²) < 4.78 is 5.45. The summed E-state index contributed by atoms with van der Waals surface area (Å²) in [5.74, 6) is -3.18. The highest BCUT2D eigenvalue weighted by Gasteiger charge is 2.68. The first-order valence-corrected chi connectivity index (χ1v) is 11.8. The minimum atomic E-state index is -1.32. The second-order valence-corrected chi connectivity index (χ2v) is 9.04. The summed E-state index contributed by atoms with van der Waals surface area (Å²) >= 11 is 0. The topological polar surface area (TPSA) is 92.8 Å². The molecular formula is C27H30N2O5. The van der Waals surface area contributed by atoms with Crippen LogP contribution < -0.4 is 10.2 Å². The Bertz CT molecular complexity index is 1160. The first-order chi connectivity index (χ1) is 16.3. The number of carbonyl (C=O) groups is 4. The number of anilines is 1. The van der Waals surface area contributed by atoms with E-state index < -0.39 is 35.3 Å². The van der Waals surface area contributed by atoms with Gasteiger partial charge in [-0.15, -0.1) is 0 Å². The van der Waals surface area contributed by atoms with Gasteiger partial charge in [-0.05, 0) is 50.5 Å². The van der Waals surface area contributed by atoms with Crippen molar-refractivity contribution in [3.63, 3.8) is 0 Å². The van der Waals surface area contributed by atoms with Gasteiger partial charge < -0.3 is 4.74 Å². The van der Waals surface area contributed by atoms with E-state index in [2.05, 4.69) is 5.32 Å². The van der Waals surface area contributed by atoms with Crippen LogP contribution in [0.2, 0.25) is 0 Å². The molecule has 1 N–H and O–H groups in total. The Morgan fingerprint density at radius 2 is 1.79 bits per heavy atom. The molecule has 2 aliphatic heterocycles. The number of imide groups is 1. The summed E-state index contributed by atoms with van der Waals surface area (Å²) in [5, 5.41) is 3.41. The maximum atomic E-state index is 13.9. The van der Waals surface area contributed by atoms with Gasteiger partial charge in [0, 0.05) is 11.6 Å². The van der Waals surface area contributed by atoms with E-state index in [-0.39, 0.29) is 18.3 Å². The van der Waals surface area contributed by atoms with Crippen LogP contribution in [0.1, 0.15) is 61.1 Å². The van der Waals surface area contributed by atoms with E-state index in [1.54, 1.807) is 31.2 Å². The van der Waals surface area contributed by atoms with Crippen molar-refractivity contribution in [1.29, 1.82) is 0 Å². The minimum absolute atomic E-state index is 0.160. The van der Waals surface area contributed by atoms with Gasteiger partial charge in [-0.1, -0.05) is 49.7 Å². The molecule has 0 bridgehead atoms. The van der Waals surface area contributed by atoms with Crippen LogP contribution in [0, 0.1) is 18.8 Å². The summed E-state index contributed by atoms with van der Waals surface area (Å²) in [4.78, 5) is 54.3. The lowest BCUT2D eigenvalue weighted by molar-refractivity contribution is -0.155. The maximum Gasteiger partial charge on any atom is 0.327 e. The minimum Gasteiger partial charge on any atom is -0.465 e. The molecule has 2 aliphatic rings. The molecule has 2 amide bonds. The van der Waals surface area contributed by atoms with Gasteiger partial charge in [0.05, 0.1) is 24.1 Å². The lowest BCUT2D eigenvalue weighted by Crippen LogP contribution is -2.56. The molecule has 7 nitrogen and oxygen atoms in total. The van der Waals surface area contributed by atoms with E-state index >= 15 is 0 Å². The molecule has 34 heavy (non-hydrogen) atoms. The number of nitrogens with one attached hydrogen (secondary N) is 1. The number of esters is 1. The van der Waals surface area contributed by atoms with Crippen LogP contribution in [0.3, 0.4) is 0 Å². The number of ether oxygens (including phenoxy) is 1. The van der Waals surface area contributed by atoms with Gasteiger partial charge in [0.1, 0.15) is 5.54 Å². The number of fused-ring (bicyclic) bond motifs is 1. The Balaban J connectivity index is 1.88. The highest BCUT2D eigenvalue weighted by molar-refractivity contribution is 6.24. The van der Waals surface area contributed by atoms with Gasteiger partial charge in [-0.3, -0.25) is 24.5 Å². The van der Waals surface area contributed by atoms with E-state index in [1.807, 2.05) is 38.1 Å². The van der Waals surface area contributed by atoms with Gasteiger partial charge >= 0.3 is 5.97 Å². The second-order valence-electron chi connectivity index (χ2n) is 9.04. The average molecular weight is 463 g/mol. The van der Waals surface area contributed by atoms with Crippen molar-refractivity contribution in [3.8, 4) is 0 Å². The zero-order valence-electron chi connectivity index (χ0n) is 20.0. The fourth-order valence-electron chi connectivity index (χ4n) is 5.50. The van der Waals surface area contributed by atoms with Crippen LogP contribution in [-0.4, -0.2) is 35.7 Å². The zero-order valence-corrected chi connectivity index (χ0v) is 20.0. The molecular weight excluding hydrogens is 432 g/mol. The molecule has 0 saturated carbocycles. The Kier molecular flexibility index (Phi) is 6.41. The summed E-state index contributed by atoms with van der Waals surface area (Å²) in [6.45, 7) is 7.22. The third kappa shape index (κ3) is 3.64. The van der Waals surface area contributed by atoms with Gasteiger partial charge in [-0.2, -0.15) is 0 Å². The summed E-state index contributed by atoms with van der Waals surface area (Å²) in [6, 6.07) is 13.7. The quantitative estimate of drug-likeness (QED) is 0.383. The fourth-order valence-corrected chi connectivity index (χ4v) is 5.50. The van der Waals surface area contributed by atoms with Crippen molar-refractivity contribution in [1.82, 2.24) is 5.32 Å². The van der Waals surface area contributed by atoms with Gasteiger partial charge in [-0.25, -0.2) is 4.90 Å². The number of carbonyl (C=O) groups excluding carboxylic acids is 4. The largest absolute Gasteiger partial charge is 0.465 e. The number of hydrogen-bond donors (Lipinski definition) is 1. The van der Waals surface area contributed by atoms with Crippen molar-refractivity contribution < 1.29 is 23.9 Å². The van der Waals surface area contributed by atoms with E-state index in [1.165, 1.54) is 6.92 Å². The van der Waals surface area contributed by atoms with Crippen LogP contribution in [0.25, 0.3) is 0 Å². The lowest BCUT2D eigenvalue weighted by Gasteiger charge is -2.33. The van der Waals surface area contributed by atoms with Gasteiger partial charge in [0.25, 0.3) is 0 Å². The number of nitrogens with zero attached hydrogens (tertiary/aromatic N) is 1. The predicted octanol–water partition coefficient (Wildman–Crippen LogP) is 3.75. The molecule has 0 aliphatic carbocycles. The Hall–Kier alpha value is -3.32. The summed E-state index contributed by atoms with van der Waals surface area (Å²) in [5.41, 5.74) is 1.28. The molecule has 178 valence electrons. The van der Waals surface area contributed by atoms with Gasteiger partial charge in [0.2, 0.25) is 11.8 Å². The molecule has 0 aromatic heterocycles. The average Bonchev–Trinajstić information content (AvgIpc) is 3.29. The smallest absolute Gasteiger partial charge is 0.327 e. The normalized spacial score (nSPS) is 26.0. The fraction of sp³-hybridized carbons (Fsp3) is 0.407. The van der Waals surface area contributed by atoms with Crippen LogP contribution in [0.15, 0.2) is 48.5 Å². The monoisotopic (exact) mass is 462 g/mol. The molecule has 4 rings (SSSR count). The van der Waals surface area contributed by atoms with Crippen LogP contribution in [0.4, 0.5) is 5.69 Å². The molecule has 7 heteroatoms. The van der Waals surface area contributed by atoms with E-state index in [0.717, 1.165) is 16.0 Å². The third-order valence-electron chi connectivity index (χ3n) is 6.97. The number of amides is 2. The Morgan fingerprint density at radius 1 is 1.06 bits per heavy atom. The zero-order chi connectivity index (χ0) is 24.6. The number of aryl methyl sites for hydroxylation is 1. The van der Waals surface area contributed by atoms with Crippen molar-refractivity contribution in [2.24, 2.45) is 11.8 Å². The number of rotatable bonds is 7. The highest BCUT2D eigenvalue weighted by atomic mass is 16.5. The highest BCUT2D eigenvalue weighted by Crippen LogP contribution is 2.52. The lowest BCUT2D eigenvalue weighted by atomic mass is 9.76.